The minimum absolute atomic E-state index is 0.136. The topological polar surface area (TPSA) is 148 Å². The van der Waals surface area contributed by atoms with Crippen molar-refractivity contribution in [2.75, 3.05) is 26.1 Å². The standard InChI is InChI=1S/C40H70O12SSi/c1-25-26(41)23-40(49-29-18-14-16-22-46-29)34(48-28-17-13-15-21-45-28)32-38(9,33-31(30(25)36(40,5)6)50-37(7,8)51-33)20-19-27(52-53(10,43)44)39(32,42)24-47-54(11,12)35(2,3)4/h26-29,31-34,41-42H,13-24H2,1-12H3/t26-,27-,28?,29?,31+,32-,33-,34-,38+,39-,40+/m0/s1. The molecular formula is C40H70O12SSi. The van der Waals surface area contributed by atoms with E-state index in [4.69, 9.17) is 37.0 Å². The maximum atomic E-state index is 13.9. The molecule has 2 unspecified atom stereocenters. The zero-order chi connectivity index (χ0) is 39.9. The fourth-order valence-electron chi connectivity index (χ4n) is 10.4. The van der Waals surface area contributed by atoms with E-state index in [2.05, 4.69) is 54.6 Å². The number of hydrogen-bond acceptors (Lipinski definition) is 12. The van der Waals surface area contributed by atoms with Gasteiger partial charge in [0, 0.05) is 36.4 Å². The van der Waals surface area contributed by atoms with Crippen LogP contribution in [0.5, 0.6) is 0 Å². The lowest BCUT2D eigenvalue weighted by Crippen LogP contribution is -2.77. The Kier molecular flexibility index (Phi) is 11.7. The van der Waals surface area contributed by atoms with Crippen molar-refractivity contribution in [3.05, 3.63) is 11.1 Å². The van der Waals surface area contributed by atoms with Crippen LogP contribution in [0.1, 0.15) is 120 Å². The summed E-state index contributed by atoms with van der Waals surface area (Å²) in [4.78, 5) is 0. The third-order valence-corrected chi connectivity index (χ3v) is 19.4. The Balaban J connectivity index is 1.67. The lowest BCUT2D eigenvalue weighted by atomic mass is 9.45. The molecular weight excluding hydrogens is 733 g/mol. The fraction of sp³-hybridized carbons (Fsp3) is 0.950. The van der Waals surface area contributed by atoms with Gasteiger partial charge in [0.05, 0.1) is 31.2 Å². The number of fused-ring (bicyclic) bond motifs is 6. The van der Waals surface area contributed by atoms with E-state index in [1.165, 1.54) is 0 Å². The Morgan fingerprint density at radius 3 is 2.09 bits per heavy atom. The van der Waals surface area contributed by atoms with Gasteiger partial charge in [0.25, 0.3) is 10.1 Å². The molecule has 0 aromatic carbocycles. The first-order chi connectivity index (χ1) is 24.8. The predicted molar refractivity (Wildman–Crippen MR) is 205 cm³/mol. The summed E-state index contributed by atoms with van der Waals surface area (Å²) in [6.45, 7) is 23.6. The fourth-order valence-corrected chi connectivity index (χ4v) is 12.1. The molecule has 0 amide bonds. The normalized spacial score (nSPS) is 42.9. The lowest BCUT2D eigenvalue weighted by Gasteiger charge is -2.67. The maximum absolute atomic E-state index is 13.9. The third-order valence-electron chi connectivity index (χ3n) is 14.4. The Bertz CT molecular complexity index is 1510. The van der Waals surface area contributed by atoms with Gasteiger partial charge in [-0.05, 0) is 101 Å². The van der Waals surface area contributed by atoms with Crippen LogP contribution in [0.2, 0.25) is 18.1 Å². The van der Waals surface area contributed by atoms with Crippen molar-refractivity contribution in [2.45, 2.75) is 198 Å². The lowest BCUT2D eigenvalue weighted by molar-refractivity contribution is -0.357. The molecule has 3 heterocycles. The highest BCUT2D eigenvalue weighted by atomic mass is 32.2. The number of ether oxygens (including phenoxy) is 6. The van der Waals surface area contributed by atoms with E-state index in [0.717, 1.165) is 43.1 Å². The van der Waals surface area contributed by atoms with Gasteiger partial charge in [0.2, 0.25) is 0 Å². The molecule has 6 aliphatic rings. The SMILES string of the molecule is CC1=C2[C@H]3OC(C)(C)O[C@@H]3[C@]3(C)CC[C@H](OS(C)(=O)=O)[C@@](O)(CO[Si](C)(C)C(C)(C)C)[C@H]3[C@H](OC3CCCCO3)[C@](OC3CCCCO3)(C[C@@H]1O)C2(C)C. The average molecular weight is 803 g/mol. The number of aliphatic hydroxyl groups excluding tert-OH is 1. The number of aliphatic hydroxyl groups is 2. The molecule has 11 atom stereocenters. The highest BCUT2D eigenvalue weighted by Crippen LogP contribution is 2.67. The first-order valence-corrected chi connectivity index (χ1v) is 25.1. The van der Waals surface area contributed by atoms with Crippen LogP contribution in [0, 0.1) is 16.7 Å². The highest BCUT2D eigenvalue weighted by molar-refractivity contribution is 7.86. The highest BCUT2D eigenvalue weighted by Gasteiger charge is 2.75. The van der Waals surface area contributed by atoms with Gasteiger partial charge in [0.15, 0.2) is 26.7 Å². The van der Waals surface area contributed by atoms with Gasteiger partial charge in [-0.1, -0.05) is 41.5 Å². The van der Waals surface area contributed by atoms with Crippen LogP contribution in [0.25, 0.3) is 0 Å². The predicted octanol–water partition coefficient (Wildman–Crippen LogP) is 6.34. The second-order valence-corrected chi connectivity index (χ2v) is 26.3. The van der Waals surface area contributed by atoms with Crippen molar-refractivity contribution in [1.29, 1.82) is 0 Å². The smallest absolute Gasteiger partial charge is 0.264 e. The summed E-state index contributed by atoms with van der Waals surface area (Å²) in [6.07, 6.45) is 1.05. The summed E-state index contributed by atoms with van der Waals surface area (Å²) >= 11 is 0. The van der Waals surface area contributed by atoms with Gasteiger partial charge < -0.3 is 43.1 Å². The van der Waals surface area contributed by atoms with Crippen molar-refractivity contribution in [3.8, 4) is 0 Å². The van der Waals surface area contributed by atoms with Crippen LogP contribution >= 0.6 is 0 Å². The van der Waals surface area contributed by atoms with Crippen LogP contribution in [-0.2, 0) is 47.1 Å². The summed E-state index contributed by atoms with van der Waals surface area (Å²) in [5, 5.41) is 25.9. The molecule has 312 valence electrons. The number of rotatable bonds is 9. The minimum Gasteiger partial charge on any atom is -0.414 e. The van der Waals surface area contributed by atoms with Crippen LogP contribution in [0.4, 0.5) is 0 Å². The van der Waals surface area contributed by atoms with Crippen molar-refractivity contribution in [1.82, 2.24) is 0 Å². The molecule has 0 radical (unpaired) electrons. The summed E-state index contributed by atoms with van der Waals surface area (Å²) in [6, 6.07) is 0. The van der Waals surface area contributed by atoms with Crippen molar-refractivity contribution in [2.24, 2.45) is 16.7 Å². The molecule has 3 saturated heterocycles. The monoisotopic (exact) mass is 802 g/mol. The zero-order valence-corrected chi connectivity index (χ0v) is 36.8. The molecule has 3 aliphatic heterocycles. The molecule has 14 heteroatoms. The second-order valence-electron chi connectivity index (χ2n) is 19.9. The Morgan fingerprint density at radius 2 is 1.54 bits per heavy atom. The minimum atomic E-state index is -4.05. The molecule has 12 nitrogen and oxygen atoms in total. The molecule has 6 rings (SSSR count). The summed E-state index contributed by atoms with van der Waals surface area (Å²) in [5.41, 5.74) is -3.41. The molecule has 2 saturated carbocycles. The van der Waals surface area contributed by atoms with E-state index < -0.39 is 95.3 Å². The first-order valence-electron chi connectivity index (χ1n) is 20.3. The summed E-state index contributed by atoms with van der Waals surface area (Å²) < 4.78 is 80.5. The van der Waals surface area contributed by atoms with E-state index in [0.29, 0.717) is 32.5 Å². The Morgan fingerprint density at radius 1 is 0.926 bits per heavy atom. The molecule has 54 heavy (non-hydrogen) atoms. The molecule has 5 fully saturated rings. The summed E-state index contributed by atoms with van der Waals surface area (Å²) in [7, 11) is -6.60. The van der Waals surface area contributed by atoms with Crippen LogP contribution in [0.3, 0.4) is 0 Å². The van der Waals surface area contributed by atoms with Crippen LogP contribution in [0.15, 0.2) is 11.1 Å². The second kappa shape index (κ2) is 14.7. The molecule has 3 aliphatic carbocycles. The molecule has 0 spiro atoms. The Labute approximate surface area is 325 Å². The summed E-state index contributed by atoms with van der Waals surface area (Å²) in [5.74, 6) is -1.95. The number of hydrogen-bond donors (Lipinski definition) is 2. The van der Waals surface area contributed by atoms with Gasteiger partial charge in [-0.25, -0.2) is 0 Å². The van der Waals surface area contributed by atoms with E-state index in [1.54, 1.807) is 0 Å². The molecule has 2 N–H and O–H groups in total. The van der Waals surface area contributed by atoms with E-state index in [-0.39, 0.29) is 24.5 Å². The van der Waals surface area contributed by atoms with Gasteiger partial charge >= 0.3 is 0 Å². The third kappa shape index (κ3) is 7.60. The quantitative estimate of drug-likeness (QED) is 0.152. The van der Waals surface area contributed by atoms with Gasteiger partial charge in [-0.15, -0.1) is 0 Å². The maximum Gasteiger partial charge on any atom is 0.264 e. The largest absolute Gasteiger partial charge is 0.414 e. The van der Waals surface area contributed by atoms with Gasteiger partial charge in [0.1, 0.15) is 23.4 Å². The molecule has 0 aromatic heterocycles. The van der Waals surface area contributed by atoms with E-state index >= 15 is 0 Å². The first kappa shape index (κ1) is 43.1. The van der Waals surface area contributed by atoms with E-state index in [1.807, 2.05) is 20.8 Å². The van der Waals surface area contributed by atoms with Gasteiger partial charge in [-0.3, -0.25) is 4.18 Å². The van der Waals surface area contributed by atoms with E-state index in [9.17, 15) is 18.6 Å². The molecule has 2 bridgehead atoms. The Hall–Kier alpha value is -0.493. The average Bonchev–Trinajstić information content (AvgIpc) is 3.38. The van der Waals surface area contributed by atoms with Crippen molar-refractivity contribution < 1.29 is 55.7 Å². The van der Waals surface area contributed by atoms with Crippen molar-refractivity contribution >= 4 is 18.4 Å². The molecule has 0 aromatic rings. The van der Waals surface area contributed by atoms with Crippen molar-refractivity contribution in [3.63, 3.8) is 0 Å². The van der Waals surface area contributed by atoms with Crippen LogP contribution in [-0.4, -0.2) is 113 Å². The zero-order valence-electron chi connectivity index (χ0n) is 35.0. The van der Waals surface area contributed by atoms with Gasteiger partial charge in [-0.2, -0.15) is 8.42 Å². The van der Waals surface area contributed by atoms with Crippen LogP contribution < -0.4 is 0 Å².